The van der Waals surface area contributed by atoms with E-state index >= 15 is 0 Å². The Kier molecular flexibility index (Phi) is 4.34. The van der Waals surface area contributed by atoms with Crippen LogP contribution >= 0.6 is 22.9 Å². The number of halogens is 1. The van der Waals surface area contributed by atoms with E-state index in [0.29, 0.717) is 17.3 Å². The predicted octanol–water partition coefficient (Wildman–Crippen LogP) is 3.67. The standard InChI is InChI=1S/C12H12ClN3O2S/c1-8-7-15-12(19-8)4-5-14-10-3-2-9(13)6-11(10)16(17)18/h2-3,6-7,14H,4-5H2,1H3. The lowest BCUT2D eigenvalue weighted by Crippen LogP contribution is -2.06. The van der Waals surface area contributed by atoms with E-state index in [9.17, 15) is 10.1 Å². The van der Waals surface area contributed by atoms with Gasteiger partial charge < -0.3 is 5.32 Å². The summed E-state index contributed by atoms with van der Waals surface area (Å²) in [6.45, 7) is 2.59. The van der Waals surface area contributed by atoms with E-state index in [4.69, 9.17) is 11.6 Å². The maximum absolute atomic E-state index is 10.9. The van der Waals surface area contributed by atoms with E-state index in [-0.39, 0.29) is 5.69 Å². The number of rotatable bonds is 5. The SMILES string of the molecule is Cc1cnc(CCNc2ccc(Cl)cc2[N+](=O)[O-])s1. The van der Waals surface area contributed by atoms with E-state index in [1.54, 1.807) is 23.5 Å². The van der Waals surface area contributed by atoms with Crippen LogP contribution < -0.4 is 5.32 Å². The Bertz CT molecular complexity index is 600. The molecule has 0 amide bonds. The maximum atomic E-state index is 10.9. The van der Waals surface area contributed by atoms with Crippen molar-refractivity contribution in [2.24, 2.45) is 0 Å². The van der Waals surface area contributed by atoms with Crippen molar-refractivity contribution < 1.29 is 4.92 Å². The number of nitrogens with one attached hydrogen (secondary N) is 1. The number of hydrogen-bond acceptors (Lipinski definition) is 5. The molecule has 5 nitrogen and oxygen atoms in total. The molecule has 0 radical (unpaired) electrons. The van der Waals surface area contributed by atoms with E-state index in [1.807, 2.05) is 13.1 Å². The second-order valence-corrected chi connectivity index (χ2v) is 5.72. The topological polar surface area (TPSA) is 68.1 Å². The normalized spacial score (nSPS) is 10.4. The van der Waals surface area contributed by atoms with Crippen molar-refractivity contribution in [3.63, 3.8) is 0 Å². The molecule has 7 heteroatoms. The number of nitro benzene ring substituents is 1. The highest BCUT2D eigenvalue weighted by Gasteiger charge is 2.13. The fourth-order valence-electron chi connectivity index (χ4n) is 1.63. The number of nitro groups is 1. The fourth-order valence-corrected chi connectivity index (χ4v) is 2.58. The minimum absolute atomic E-state index is 0.0113. The first-order valence-corrected chi connectivity index (χ1v) is 6.85. The summed E-state index contributed by atoms with van der Waals surface area (Å²) in [5.41, 5.74) is 0.463. The Hall–Kier alpha value is -1.66. The maximum Gasteiger partial charge on any atom is 0.293 e. The van der Waals surface area contributed by atoms with E-state index < -0.39 is 4.92 Å². The second kappa shape index (κ2) is 5.99. The summed E-state index contributed by atoms with van der Waals surface area (Å²) in [5, 5.41) is 15.3. The largest absolute Gasteiger partial charge is 0.379 e. The molecule has 1 aromatic carbocycles. The number of anilines is 1. The van der Waals surface area contributed by atoms with Crippen molar-refractivity contribution in [3.8, 4) is 0 Å². The summed E-state index contributed by atoms with van der Waals surface area (Å²) in [7, 11) is 0. The Morgan fingerprint density at radius 1 is 1.53 bits per heavy atom. The van der Waals surface area contributed by atoms with Crippen molar-refractivity contribution in [3.05, 3.63) is 49.4 Å². The highest BCUT2D eigenvalue weighted by molar-refractivity contribution is 7.11. The van der Waals surface area contributed by atoms with Gasteiger partial charge >= 0.3 is 0 Å². The third kappa shape index (κ3) is 3.65. The van der Waals surface area contributed by atoms with Gasteiger partial charge in [-0.05, 0) is 19.1 Å². The van der Waals surface area contributed by atoms with Crippen LogP contribution in [0.25, 0.3) is 0 Å². The van der Waals surface area contributed by atoms with Crippen LogP contribution in [0.4, 0.5) is 11.4 Å². The molecule has 19 heavy (non-hydrogen) atoms. The third-order valence-electron chi connectivity index (χ3n) is 2.48. The highest BCUT2D eigenvalue weighted by Crippen LogP contribution is 2.27. The Labute approximate surface area is 119 Å². The molecule has 0 atom stereocenters. The van der Waals surface area contributed by atoms with E-state index in [1.165, 1.54) is 6.07 Å². The number of benzene rings is 1. The van der Waals surface area contributed by atoms with Crippen LogP contribution in [0.3, 0.4) is 0 Å². The molecule has 2 rings (SSSR count). The van der Waals surface area contributed by atoms with Gasteiger partial charge in [0.15, 0.2) is 0 Å². The van der Waals surface area contributed by atoms with Crippen molar-refractivity contribution in [1.82, 2.24) is 4.98 Å². The Balaban J connectivity index is 2.01. The predicted molar refractivity (Wildman–Crippen MR) is 77.2 cm³/mol. The number of hydrogen-bond donors (Lipinski definition) is 1. The number of aromatic nitrogens is 1. The zero-order chi connectivity index (χ0) is 13.8. The van der Waals surface area contributed by atoms with Crippen molar-refractivity contribution in [2.45, 2.75) is 13.3 Å². The summed E-state index contributed by atoms with van der Waals surface area (Å²) in [4.78, 5) is 15.9. The van der Waals surface area contributed by atoms with Crippen LogP contribution in [0, 0.1) is 17.0 Å². The smallest absolute Gasteiger partial charge is 0.293 e. The monoisotopic (exact) mass is 297 g/mol. The van der Waals surface area contributed by atoms with Crippen LogP contribution in [-0.2, 0) is 6.42 Å². The molecule has 0 aliphatic carbocycles. The van der Waals surface area contributed by atoms with Gasteiger partial charge in [-0.15, -0.1) is 11.3 Å². The van der Waals surface area contributed by atoms with E-state index in [0.717, 1.165) is 16.3 Å². The first-order valence-electron chi connectivity index (χ1n) is 5.65. The van der Waals surface area contributed by atoms with Crippen molar-refractivity contribution in [1.29, 1.82) is 0 Å². The first-order chi connectivity index (χ1) is 9.06. The molecule has 0 saturated carbocycles. The molecule has 0 bridgehead atoms. The molecule has 2 aromatic rings. The van der Waals surface area contributed by atoms with Gasteiger partial charge in [0, 0.05) is 35.1 Å². The molecule has 0 fully saturated rings. The lowest BCUT2D eigenvalue weighted by atomic mass is 10.2. The van der Waals surface area contributed by atoms with Crippen molar-refractivity contribution in [2.75, 3.05) is 11.9 Å². The second-order valence-electron chi connectivity index (χ2n) is 3.96. The minimum atomic E-state index is -0.443. The van der Waals surface area contributed by atoms with Gasteiger partial charge in [-0.2, -0.15) is 0 Å². The Morgan fingerprint density at radius 2 is 2.32 bits per heavy atom. The van der Waals surface area contributed by atoms with E-state index in [2.05, 4.69) is 10.3 Å². The molecule has 0 unspecified atom stereocenters. The molecule has 1 heterocycles. The van der Waals surface area contributed by atoms with Crippen LogP contribution in [0.15, 0.2) is 24.4 Å². The fraction of sp³-hybridized carbons (Fsp3) is 0.250. The molecule has 0 spiro atoms. The number of thiazole rings is 1. The summed E-state index contributed by atoms with van der Waals surface area (Å²) in [6.07, 6.45) is 2.56. The van der Waals surface area contributed by atoms with Gasteiger partial charge in [-0.3, -0.25) is 10.1 Å². The summed E-state index contributed by atoms with van der Waals surface area (Å²) < 4.78 is 0. The minimum Gasteiger partial charge on any atom is -0.379 e. The lowest BCUT2D eigenvalue weighted by Gasteiger charge is -2.06. The molecule has 1 aromatic heterocycles. The lowest BCUT2D eigenvalue weighted by molar-refractivity contribution is -0.383. The molecular formula is C12H12ClN3O2S. The van der Waals surface area contributed by atoms with Crippen LogP contribution in [0.1, 0.15) is 9.88 Å². The number of nitrogens with zero attached hydrogens (tertiary/aromatic N) is 2. The van der Waals surface area contributed by atoms with Crippen LogP contribution in [0.5, 0.6) is 0 Å². The molecular weight excluding hydrogens is 286 g/mol. The highest BCUT2D eigenvalue weighted by atomic mass is 35.5. The molecule has 0 aliphatic rings. The zero-order valence-electron chi connectivity index (χ0n) is 10.2. The van der Waals surface area contributed by atoms with Crippen LogP contribution in [0.2, 0.25) is 5.02 Å². The summed E-state index contributed by atoms with van der Waals surface area (Å²) >= 11 is 7.38. The molecule has 0 saturated heterocycles. The number of aryl methyl sites for hydroxylation is 1. The summed E-state index contributed by atoms with van der Waals surface area (Å²) in [6, 6.07) is 4.59. The van der Waals surface area contributed by atoms with Gasteiger partial charge in [0.2, 0.25) is 0 Å². The average molecular weight is 298 g/mol. The molecule has 0 aliphatic heterocycles. The van der Waals surface area contributed by atoms with Gasteiger partial charge in [0.05, 0.1) is 9.93 Å². The van der Waals surface area contributed by atoms with Crippen molar-refractivity contribution >= 4 is 34.3 Å². The molecule has 100 valence electrons. The Morgan fingerprint density at radius 3 is 2.95 bits per heavy atom. The van der Waals surface area contributed by atoms with Gasteiger partial charge in [-0.1, -0.05) is 11.6 Å². The summed E-state index contributed by atoms with van der Waals surface area (Å²) in [5.74, 6) is 0. The quantitative estimate of drug-likeness (QED) is 0.675. The third-order valence-corrected chi connectivity index (χ3v) is 3.69. The van der Waals surface area contributed by atoms with Gasteiger partial charge in [-0.25, -0.2) is 4.98 Å². The average Bonchev–Trinajstić information content (AvgIpc) is 2.77. The van der Waals surface area contributed by atoms with Gasteiger partial charge in [0.1, 0.15) is 5.69 Å². The zero-order valence-corrected chi connectivity index (χ0v) is 11.8. The first kappa shape index (κ1) is 13.8. The van der Waals surface area contributed by atoms with Gasteiger partial charge in [0.25, 0.3) is 5.69 Å². The van der Waals surface area contributed by atoms with Crippen LogP contribution in [-0.4, -0.2) is 16.5 Å². The molecule has 1 N–H and O–H groups in total.